The van der Waals surface area contributed by atoms with E-state index >= 15 is 0 Å². The van der Waals surface area contributed by atoms with Crippen molar-refractivity contribution < 1.29 is 38.5 Å². The predicted octanol–water partition coefficient (Wildman–Crippen LogP) is 5.41. The van der Waals surface area contributed by atoms with E-state index in [2.05, 4.69) is 15.6 Å². The van der Waals surface area contributed by atoms with E-state index in [9.17, 15) is 19.2 Å². The number of carbonyl (C=O) groups is 4. The minimum atomic E-state index is -1.04. The van der Waals surface area contributed by atoms with Crippen molar-refractivity contribution >= 4 is 47.4 Å². The van der Waals surface area contributed by atoms with Crippen LogP contribution in [0.15, 0.2) is 47.5 Å². The SMILES string of the molecule is CC(C)(C)OC(=O)N=C(NC(=O)OC(C)(C)C)Nc1ccc(C(=O)Oc2ccc(CC(=O)O)c(Cl)c2)cc1. The average Bonchev–Trinajstić information content (AvgIpc) is 2.73. The summed E-state index contributed by atoms with van der Waals surface area (Å²) in [5, 5.41) is 14.2. The van der Waals surface area contributed by atoms with Crippen molar-refractivity contribution in [3.05, 3.63) is 58.6 Å². The highest BCUT2D eigenvalue weighted by atomic mass is 35.5. The highest BCUT2D eigenvalue weighted by Gasteiger charge is 2.21. The molecule has 38 heavy (non-hydrogen) atoms. The second kappa shape index (κ2) is 12.4. The highest BCUT2D eigenvalue weighted by molar-refractivity contribution is 6.31. The van der Waals surface area contributed by atoms with Gasteiger partial charge < -0.3 is 24.6 Å². The number of carbonyl (C=O) groups excluding carboxylic acids is 3. The molecule has 2 aromatic rings. The van der Waals surface area contributed by atoms with Crippen molar-refractivity contribution in [1.82, 2.24) is 5.32 Å². The summed E-state index contributed by atoms with van der Waals surface area (Å²) in [7, 11) is 0. The zero-order valence-electron chi connectivity index (χ0n) is 21.9. The molecule has 2 amide bonds. The molecule has 0 aliphatic carbocycles. The van der Waals surface area contributed by atoms with Gasteiger partial charge in [-0.2, -0.15) is 0 Å². The average molecular weight is 548 g/mol. The molecular formula is C26H30ClN3O8. The number of hydrogen-bond donors (Lipinski definition) is 3. The summed E-state index contributed by atoms with van der Waals surface area (Å²) >= 11 is 6.07. The predicted molar refractivity (Wildman–Crippen MR) is 141 cm³/mol. The van der Waals surface area contributed by atoms with Gasteiger partial charge in [0.05, 0.1) is 12.0 Å². The molecule has 12 heteroatoms. The largest absolute Gasteiger partial charge is 0.481 e. The number of nitrogens with zero attached hydrogens (tertiary/aromatic N) is 1. The van der Waals surface area contributed by atoms with Crippen LogP contribution in [-0.2, 0) is 20.7 Å². The molecule has 0 heterocycles. The Balaban J connectivity index is 2.15. The summed E-state index contributed by atoms with van der Waals surface area (Å²) in [6.07, 6.45) is -2.05. The van der Waals surface area contributed by atoms with Crippen LogP contribution >= 0.6 is 11.6 Å². The van der Waals surface area contributed by atoms with E-state index in [-0.39, 0.29) is 28.7 Å². The Bertz CT molecular complexity index is 1230. The molecule has 2 aromatic carbocycles. The number of aliphatic carboxylic acids is 1. The molecule has 3 N–H and O–H groups in total. The molecular weight excluding hydrogens is 518 g/mol. The summed E-state index contributed by atoms with van der Waals surface area (Å²) in [6.45, 7) is 10.1. The maximum Gasteiger partial charge on any atom is 0.437 e. The third-order valence-electron chi connectivity index (χ3n) is 4.18. The number of esters is 1. The molecule has 0 aliphatic rings. The lowest BCUT2D eigenvalue weighted by molar-refractivity contribution is -0.136. The normalized spacial score (nSPS) is 11.8. The number of rotatable bonds is 5. The first-order valence-corrected chi connectivity index (χ1v) is 11.8. The molecule has 0 atom stereocenters. The fourth-order valence-corrected chi connectivity index (χ4v) is 2.99. The molecule has 0 bridgehead atoms. The van der Waals surface area contributed by atoms with Gasteiger partial charge in [-0.15, -0.1) is 4.99 Å². The van der Waals surface area contributed by atoms with Gasteiger partial charge in [-0.3, -0.25) is 10.1 Å². The molecule has 11 nitrogen and oxygen atoms in total. The Morgan fingerprint density at radius 2 is 1.53 bits per heavy atom. The number of benzene rings is 2. The number of nitrogens with one attached hydrogen (secondary N) is 2. The van der Waals surface area contributed by atoms with Crippen molar-refractivity contribution in [2.75, 3.05) is 5.32 Å². The lowest BCUT2D eigenvalue weighted by Crippen LogP contribution is -2.40. The van der Waals surface area contributed by atoms with E-state index in [1.165, 1.54) is 42.5 Å². The molecule has 0 saturated heterocycles. The van der Waals surface area contributed by atoms with E-state index in [4.69, 9.17) is 30.9 Å². The number of amides is 2. The van der Waals surface area contributed by atoms with Crippen molar-refractivity contribution in [1.29, 1.82) is 0 Å². The minimum Gasteiger partial charge on any atom is -0.481 e. The Morgan fingerprint density at radius 1 is 0.921 bits per heavy atom. The maximum atomic E-state index is 12.5. The molecule has 2 rings (SSSR count). The van der Waals surface area contributed by atoms with Crippen LogP contribution < -0.4 is 15.4 Å². The van der Waals surface area contributed by atoms with Gasteiger partial charge in [0.2, 0.25) is 5.96 Å². The van der Waals surface area contributed by atoms with Crippen molar-refractivity contribution in [3.8, 4) is 5.75 Å². The van der Waals surface area contributed by atoms with Crippen LogP contribution in [0.2, 0.25) is 5.02 Å². The van der Waals surface area contributed by atoms with Crippen LogP contribution in [0.1, 0.15) is 57.5 Å². The van der Waals surface area contributed by atoms with Crippen LogP contribution in [0, 0.1) is 0 Å². The standard InChI is InChI=1S/C26H30ClN3O8/c1-25(2,3)37-23(34)29-22(30-24(35)38-26(4,5)6)28-17-10-7-15(8-11-17)21(33)36-18-12-9-16(13-20(31)32)19(27)14-18/h7-12,14H,13H2,1-6H3,(H,31,32)(H2,28,29,30,34,35). The summed E-state index contributed by atoms with van der Waals surface area (Å²) in [5.74, 6) is -1.83. The second-order valence-corrected chi connectivity index (χ2v) is 10.4. The van der Waals surface area contributed by atoms with Crippen LogP contribution in [-0.4, -0.2) is 46.4 Å². The number of hydrogen-bond acceptors (Lipinski definition) is 7. The minimum absolute atomic E-state index is 0.143. The second-order valence-electron chi connectivity index (χ2n) is 9.98. The molecule has 204 valence electrons. The topological polar surface area (TPSA) is 153 Å². The summed E-state index contributed by atoms with van der Waals surface area (Å²) < 4.78 is 15.7. The van der Waals surface area contributed by atoms with Crippen molar-refractivity contribution in [2.24, 2.45) is 4.99 Å². The van der Waals surface area contributed by atoms with Crippen molar-refractivity contribution in [3.63, 3.8) is 0 Å². The van der Waals surface area contributed by atoms with Gasteiger partial charge in [-0.25, -0.2) is 14.4 Å². The number of ether oxygens (including phenoxy) is 3. The van der Waals surface area contributed by atoms with E-state index < -0.39 is 35.3 Å². The smallest absolute Gasteiger partial charge is 0.437 e. The molecule has 0 aliphatic heterocycles. The molecule has 0 fully saturated rings. The summed E-state index contributed by atoms with van der Waals surface area (Å²) in [5.41, 5.74) is -0.643. The first-order valence-electron chi connectivity index (χ1n) is 11.4. The third-order valence-corrected chi connectivity index (χ3v) is 4.53. The monoisotopic (exact) mass is 547 g/mol. The Hall–Kier alpha value is -4.12. The number of anilines is 1. The van der Waals surface area contributed by atoms with Crippen LogP contribution in [0.4, 0.5) is 15.3 Å². The van der Waals surface area contributed by atoms with Gasteiger partial charge in [0, 0.05) is 10.7 Å². The van der Waals surface area contributed by atoms with Gasteiger partial charge in [-0.1, -0.05) is 17.7 Å². The van der Waals surface area contributed by atoms with Gasteiger partial charge in [0.1, 0.15) is 17.0 Å². The van der Waals surface area contributed by atoms with Gasteiger partial charge >= 0.3 is 24.1 Å². The first-order chi connectivity index (χ1) is 17.5. The fraction of sp³-hybridized carbons (Fsp3) is 0.346. The number of carboxylic acid groups (broad SMARTS) is 1. The van der Waals surface area contributed by atoms with Gasteiger partial charge in [0.25, 0.3) is 0 Å². The lowest BCUT2D eigenvalue weighted by Gasteiger charge is -2.21. The Labute approximate surface area is 225 Å². The quantitative estimate of drug-likeness (QED) is 0.193. The number of aliphatic imine (C=N–C) groups is 1. The molecule has 0 unspecified atom stereocenters. The van der Waals surface area contributed by atoms with E-state index in [1.807, 2.05) is 0 Å². The number of halogens is 1. The summed E-state index contributed by atoms with van der Waals surface area (Å²) in [4.78, 5) is 51.6. The van der Waals surface area contributed by atoms with E-state index in [0.717, 1.165) is 0 Å². The first kappa shape index (κ1) is 30.1. The number of alkyl carbamates (subject to hydrolysis) is 1. The fourth-order valence-electron chi connectivity index (χ4n) is 2.75. The van der Waals surface area contributed by atoms with E-state index in [0.29, 0.717) is 11.3 Å². The zero-order chi connectivity index (χ0) is 28.7. The zero-order valence-corrected chi connectivity index (χ0v) is 22.6. The molecule has 0 spiro atoms. The van der Waals surface area contributed by atoms with Crippen LogP contribution in [0.3, 0.4) is 0 Å². The Morgan fingerprint density at radius 3 is 2.05 bits per heavy atom. The third kappa shape index (κ3) is 10.9. The van der Waals surface area contributed by atoms with Crippen LogP contribution in [0.5, 0.6) is 5.75 Å². The van der Waals surface area contributed by atoms with Crippen molar-refractivity contribution in [2.45, 2.75) is 59.2 Å². The van der Waals surface area contributed by atoms with E-state index in [1.54, 1.807) is 41.5 Å². The molecule has 0 radical (unpaired) electrons. The lowest BCUT2D eigenvalue weighted by atomic mass is 10.1. The van der Waals surface area contributed by atoms with Gasteiger partial charge in [0.15, 0.2) is 0 Å². The Kier molecular flexibility index (Phi) is 9.84. The molecule has 0 aromatic heterocycles. The highest BCUT2D eigenvalue weighted by Crippen LogP contribution is 2.24. The number of guanidine groups is 1. The number of carboxylic acids is 1. The van der Waals surface area contributed by atoms with Crippen LogP contribution in [0.25, 0.3) is 0 Å². The van der Waals surface area contributed by atoms with Gasteiger partial charge in [-0.05, 0) is 83.5 Å². The molecule has 0 saturated carbocycles. The summed E-state index contributed by atoms with van der Waals surface area (Å²) in [6, 6.07) is 10.2. The maximum absolute atomic E-state index is 12.5.